The number of nitrogens with zero attached hydrogens (tertiary/aromatic N) is 3. The van der Waals surface area contributed by atoms with Gasteiger partial charge in [0.05, 0.1) is 11.7 Å². The first kappa shape index (κ1) is 17.4. The van der Waals surface area contributed by atoms with Crippen LogP contribution < -0.4 is 5.32 Å². The van der Waals surface area contributed by atoms with Gasteiger partial charge in [-0.1, -0.05) is 30.3 Å². The van der Waals surface area contributed by atoms with Crippen LogP contribution in [-0.2, 0) is 0 Å². The highest BCUT2D eigenvalue weighted by Gasteiger charge is 2.21. The largest absolute Gasteiger partial charge is 0.387 e. The van der Waals surface area contributed by atoms with Gasteiger partial charge in [0.2, 0.25) is 0 Å². The fourth-order valence-corrected chi connectivity index (χ4v) is 3.28. The molecule has 1 aliphatic heterocycles. The van der Waals surface area contributed by atoms with E-state index in [1.807, 2.05) is 30.3 Å². The second-order valence-electron chi connectivity index (χ2n) is 6.56. The van der Waals surface area contributed by atoms with Crippen molar-refractivity contribution in [2.45, 2.75) is 18.9 Å². The molecule has 3 rings (SSSR count). The van der Waals surface area contributed by atoms with Crippen molar-refractivity contribution in [3.8, 4) is 6.07 Å². The van der Waals surface area contributed by atoms with Gasteiger partial charge >= 0.3 is 0 Å². The van der Waals surface area contributed by atoms with Gasteiger partial charge in [-0.25, -0.2) is 4.98 Å². The van der Waals surface area contributed by atoms with Gasteiger partial charge in [-0.3, -0.25) is 0 Å². The smallest absolute Gasteiger partial charge is 0.143 e. The summed E-state index contributed by atoms with van der Waals surface area (Å²) in [6, 6.07) is 15.6. The number of nitriles is 1. The van der Waals surface area contributed by atoms with Gasteiger partial charge in [0.1, 0.15) is 11.9 Å². The molecule has 1 fully saturated rings. The van der Waals surface area contributed by atoms with Crippen molar-refractivity contribution in [1.82, 2.24) is 9.88 Å². The van der Waals surface area contributed by atoms with Gasteiger partial charge in [-0.05, 0) is 49.5 Å². The van der Waals surface area contributed by atoms with E-state index in [1.54, 1.807) is 18.3 Å². The number of likely N-dealkylation sites (tertiary alicyclic amines) is 1. The van der Waals surface area contributed by atoms with Crippen LogP contribution in [0, 0.1) is 17.2 Å². The van der Waals surface area contributed by atoms with Gasteiger partial charge in [-0.2, -0.15) is 5.26 Å². The number of hydrogen-bond donors (Lipinski definition) is 2. The molecule has 1 aromatic carbocycles. The summed E-state index contributed by atoms with van der Waals surface area (Å²) in [7, 11) is 0. The highest BCUT2D eigenvalue weighted by molar-refractivity contribution is 5.51. The molecule has 2 N–H and O–H groups in total. The third-order valence-electron chi connectivity index (χ3n) is 4.81. The quantitative estimate of drug-likeness (QED) is 0.849. The van der Waals surface area contributed by atoms with E-state index in [0.717, 1.165) is 38.0 Å². The molecule has 1 atom stereocenters. The van der Waals surface area contributed by atoms with Crippen LogP contribution in [0.1, 0.15) is 30.1 Å². The molecule has 0 amide bonds. The van der Waals surface area contributed by atoms with Crippen molar-refractivity contribution in [1.29, 1.82) is 5.26 Å². The first-order valence-corrected chi connectivity index (χ1v) is 8.80. The fourth-order valence-electron chi connectivity index (χ4n) is 3.28. The number of hydrogen-bond acceptors (Lipinski definition) is 5. The summed E-state index contributed by atoms with van der Waals surface area (Å²) in [5.74, 6) is 1.24. The third kappa shape index (κ3) is 4.79. The molecule has 2 aromatic rings. The number of pyridine rings is 1. The zero-order valence-electron chi connectivity index (χ0n) is 14.3. The van der Waals surface area contributed by atoms with Crippen LogP contribution in [0.2, 0.25) is 0 Å². The van der Waals surface area contributed by atoms with Crippen LogP contribution in [0.4, 0.5) is 5.82 Å². The molecule has 1 saturated heterocycles. The van der Waals surface area contributed by atoms with Crippen molar-refractivity contribution in [2.24, 2.45) is 5.92 Å². The molecule has 0 aliphatic carbocycles. The highest BCUT2D eigenvalue weighted by atomic mass is 16.3. The van der Waals surface area contributed by atoms with Gasteiger partial charge in [-0.15, -0.1) is 0 Å². The number of aliphatic hydroxyl groups is 1. The van der Waals surface area contributed by atoms with Crippen LogP contribution in [0.3, 0.4) is 0 Å². The van der Waals surface area contributed by atoms with Gasteiger partial charge in [0, 0.05) is 19.3 Å². The number of rotatable bonds is 6. The predicted molar refractivity (Wildman–Crippen MR) is 98.0 cm³/mol. The lowest BCUT2D eigenvalue weighted by Gasteiger charge is -2.33. The van der Waals surface area contributed by atoms with Crippen LogP contribution in [0.15, 0.2) is 48.7 Å². The molecule has 0 spiro atoms. The third-order valence-corrected chi connectivity index (χ3v) is 4.81. The van der Waals surface area contributed by atoms with Crippen molar-refractivity contribution in [3.05, 3.63) is 59.8 Å². The number of anilines is 1. The van der Waals surface area contributed by atoms with Gasteiger partial charge in [0.25, 0.3) is 0 Å². The predicted octanol–water partition coefficient (Wildman–Crippen LogP) is 2.81. The minimum atomic E-state index is -0.428. The molecule has 0 bridgehead atoms. The molecular weight excluding hydrogens is 312 g/mol. The molecule has 5 nitrogen and oxygen atoms in total. The Labute approximate surface area is 148 Å². The van der Waals surface area contributed by atoms with E-state index in [0.29, 0.717) is 23.8 Å². The Morgan fingerprint density at radius 2 is 1.96 bits per heavy atom. The van der Waals surface area contributed by atoms with Crippen LogP contribution in [0.5, 0.6) is 0 Å². The Kier molecular flexibility index (Phi) is 5.99. The first-order valence-electron chi connectivity index (χ1n) is 8.80. The Morgan fingerprint density at radius 1 is 1.20 bits per heavy atom. The lowest BCUT2D eigenvalue weighted by Crippen LogP contribution is -2.38. The van der Waals surface area contributed by atoms with Gasteiger partial charge in [0.15, 0.2) is 0 Å². The number of β-amino-alcohol motifs (C(OH)–C–C–N with tert-alkyl or cyclic N) is 1. The molecule has 2 heterocycles. The average molecular weight is 336 g/mol. The average Bonchev–Trinajstić information content (AvgIpc) is 2.68. The van der Waals surface area contributed by atoms with Crippen LogP contribution in [-0.4, -0.2) is 41.2 Å². The first-order chi connectivity index (χ1) is 12.3. The van der Waals surface area contributed by atoms with Crippen molar-refractivity contribution in [3.63, 3.8) is 0 Å². The Morgan fingerprint density at radius 3 is 2.68 bits per heavy atom. The van der Waals surface area contributed by atoms with Crippen LogP contribution >= 0.6 is 0 Å². The summed E-state index contributed by atoms with van der Waals surface area (Å²) < 4.78 is 0. The summed E-state index contributed by atoms with van der Waals surface area (Å²) >= 11 is 0. The van der Waals surface area contributed by atoms with Crippen molar-refractivity contribution < 1.29 is 5.11 Å². The molecule has 0 saturated carbocycles. The van der Waals surface area contributed by atoms with E-state index in [1.165, 1.54) is 0 Å². The SMILES string of the molecule is N#Cc1cccnc1NCC1CCN(CC(O)c2ccccc2)CC1. The fraction of sp³-hybridized carbons (Fsp3) is 0.400. The summed E-state index contributed by atoms with van der Waals surface area (Å²) in [6.45, 7) is 3.50. The van der Waals surface area contributed by atoms with Gasteiger partial charge < -0.3 is 15.3 Å². The van der Waals surface area contributed by atoms with E-state index < -0.39 is 6.10 Å². The highest BCUT2D eigenvalue weighted by Crippen LogP contribution is 2.21. The number of aliphatic hydroxyl groups excluding tert-OH is 1. The summed E-state index contributed by atoms with van der Waals surface area (Å²) in [5.41, 5.74) is 1.57. The minimum absolute atomic E-state index is 0.428. The summed E-state index contributed by atoms with van der Waals surface area (Å²) in [6.07, 6.45) is 3.45. The van der Waals surface area contributed by atoms with E-state index >= 15 is 0 Å². The Hall–Kier alpha value is -2.42. The normalized spacial score (nSPS) is 17.0. The molecular formula is C20H24N4O. The topological polar surface area (TPSA) is 72.2 Å². The second kappa shape index (κ2) is 8.61. The van der Waals surface area contributed by atoms with E-state index in [-0.39, 0.29) is 0 Å². The minimum Gasteiger partial charge on any atom is -0.387 e. The zero-order valence-corrected chi connectivity index (χ0v) is 14.3. The number of piperidine rings is 1. The maximum atomic E-state index is 10.4. The van der Waals surface area contributed by atoms with Crippen molar-refractivity contribution >= 4 is 5.82 Å². The molecule has 1 aliphatic rings. The lowest BCUT2D eigenvalue weighted by atomic mass is 9.96. The van der Waals surface area contributed by atoms with E-state index in [2.05, 4.69) is 21.3 Å². The monoisotopic (exact) mass is 336 g/mol. The molecule has 1 aromatic heterocycles. The molecule has 5 heteroatoms. The molecule has 1 unspecified atom stereocenters. The lowest BCUT2D eigenvalue weighted by molar-refractivity contribution is 0.0909. The Balaban J connectivity index is 1.44. The standard InChI is InChI=1S/C20H24N4O/c21-13-18-7-4-10-22-20(18)23-14-16-8-11-24(12-9-16)15-19(25)17-5-2-1-3-6-17/h1-7,10,16,19,25H,8-9,11-12,14-15H2,(H,22,23). The molecule has 25 heavy (non-hydrogen) atoms. The maximum Gasteiger partial charge on any atom is 0.143 e. The van der Waals surface area contributed by atoms with E-state index in [9.17, 15) is 5.11 Å². The second-order valence-corrected chi connectivity index (χ2v) is 6.56. The molecule has 130 valence electrons. The maximum absolute atomic E-state index is 10.4. The number of aromatic nitrogens is 1. The van der Waals surface area contributed by atoms with E-state index in [4.69, 9.17) is 5.26 Å². The van der Waals surface area contributed by atoms with Crippen LogP contribution in [0.25, 0.3) is 0 Å². The zero-order chi connectivity index (χ0) is 17.5. The summed E-state index contributed by atoms with van der Waals surface area (Å²) in [5, 5.41) is 22.8. The number of nitrogens with one attached hydrogen (secondary N) is 1. The summed E-state index contributed by atoms with van der Waals surface area (Å²) in [4.78, 5) is 6.57. The van der Waals surface area contributed by atoms with Crippen molar-refractivity contribution in [2.75, 3.05) is 31.5 Å². The molecule has 0 radical (unpaired) electrons. The number of benzene rings is 1. The Bertz CT molecular complexity index is 705.